The molecule has 0 radical (unpaired) electrons. The van der Waals surface area contributed by atoms with Crippen LogP contribution >= 0.6 is 0 Å². The summed E-state index contributed by atoms with van der Waals surface area (Å²) in [6, 6.07) is 7.70. The van der Waals surface area contributed by atoms with Gasteiger partial charge in [0.25, 0.3) is 5.91 Å². The maximum absolute atomic E-state index is 12.9. The minimum Gasteiger partial charge on any atom is -0.497 e. The summed E-state index contributed by atoms with van der Waals surface area (Å²) < 4.78 is 5.27. The van der Waals surface area contributed by atoms with Crippen LogP contribution in [0, 0.1) is 0 Å². The highest BCUT2D eigenvalue weighted by molar-refractivity contribution is 6.07. The van der Waals surface area contributed by atoms with Crippen molar-refractivity contribution in [3.8, 4) is 5.75 Å². The van der Waals surface area contributed by atoms with E-state index in [-0.39, 0.29) is 5.91 Å². The summed E-state index contributed by atoms with van der Waals surface area (Å²) >= 11 is 0. The zero-order valence-electron chi connectivity index (χ0n) is 12.9. The smallest absolute Gasteiger partial charge is 0.256 e. The van der Waals surface area contributed by atoms with Crippen LogP contribution in [0.15, 0.2) is 36.7 Å². The largest absolute Gasteiger partial charge is 0.497 e. The Morgan fingerprint density at radius 1 is 1.39 bits per heavy atom. The van der Waals surface area contributed by atoms with Crippen molar-refractivity contribution in [1.29, 1.82) is 0 Å². The van der Waals surface area contributed by atoms with Crippen LogP contribution in [0.3, 0.4) is 0 Å². The number of fused-ring (bicyclic) bond motifs is 1. The topological polar surface area (TPSA) is 74.0 Å². The zero-order chi connectivity index (χ0) is 15.8. The fraction of sp³-hybridized carbons (Fsp3) is 0.294. The average Bonchev–Trinajstić information content (AvgIpc) is 3.32. The van der Waals surface area contributed by atoms with Crippen LogP contribution in [0.2, 0.25) is 0 Å². The molecule has 6 nitrogen and oxygen atoms in total. The number of methoxy groups -OCH3 is 1. The lowest BCUT2D eigenvalue weighted by atomic mass is 10.1. The quantitative estimate of drug-likeness (QED) is 0.780. The van der Waals surface area contributed by atoms with Crippen molar-refractivity contribution < 1.29 is 9.53 Å². The third-order valence-electron chi connectivity index (χ3n) is 4.56. The molecular weight excluding hydrogens is 292 g/mol. The SMILES string of the molecule is COc1ccc2[nH]cc(C(=O)N3CCC(c4ccn[nH]4)C3)c2c1. The Bertz CT molecular complexity index is 838. The Labute approximate surface area is 133 Å². The van der Waals surface area contributed by atoms with Crippen molar-refractivity contribution in [2.45, 2.75) is 12.3 Å². The molecule has 1 aromatic carbocycles. The van der Waals surface area contributed by atoms with E-state index in [1.807, 2.05) is 29.2 Å². The Balaban J connectivity index is 1.60. The second-order valence-corrected chi connectivity index (χ2v) is 5.86. The normalized spacial score (nSPS) is 17.8. The molecule has 1 aliphatic rings. The molecule has 2 N–H and O–H groups in total. The molecule has 1 atom stereocenters. The van der Waals surface area contributed by atoms with Crippen LogP contribution in [0.5, 0.6) is 5.75 Å². The van der Waals surface area contributed by atoms with Gasteiger partial charge in [-0.2, -0.15) is 5.10 Å². The lowest BCUT2D eigenvalue weighted by Gasteiger charge is -2.16. The van der Waals surface area contributed by atoms with Crippen molar-refractivity contribution in [3.05, 3.63) is 47.9 Å². The van der Waals surface area contributed by atoms with E-state index >= 15 is 0 Å². The molecule has 0 spiro atoms. The third-order valence-corrected chi connectivity index (χ3v) is 4.56. The molecule has 3 heterocycles. The third kappa shape index (κ3) is 2.36. The minimum absolute atomic E-state index is 0.0616. The molecule has 4 rings (SSSR count). The van der Waals surface area contributed by atoms with Crippen LogP contribution in [0.25, 0.3) is 10.9 Å². The maximum atomic E-state index is 12.9. The maximum Gasteiger partial charge on any atom is 0.256 e. The van der Waals surface area contributed by atoms with E-state index in [9.17, 15) is 4.79 Å². The first kappa shape index (κ1) is 13.9. The highest BCUT2D eigenvalue weighted by Crippen LogP contribution is 2.29. The van der Waals surface area contributed by atoms with E-state index in [0.717, 1.165) is 41.9 Å². The number of benzene rings is 1. The number of hydrogen-bond acceptors (Lipinski definition) is 3. The number of hydrogen-bond donors (Lipinski definition) is 2. The number of carbonyl (C=O) groups is 1. The Hall–Kier alpha value is -2.76. The highest BCUT2D eigenvalue weighted by Gasteiger charge is 2.29. The van der Waals surface area contributed by atoms with Gasteiger partial charge in [-0.1, -0.05) is 0 Å². The van der Waals surface area contributed by atoms with Crippen LogP contribution in [-0.4, -0.2) is 46.2 Å². The molecule has 118 valence electrons. The van der Waals surface area contributed by atoms with Crippen LogP contribution in [0.4, 0.5) is 0 Å². The van der Waals surface area contributed by atoms with E-state index in [1.165, 1.54) is 0 Å². The number of likely N-dealkylation sites (tertiary alicyclic amines) is 1. The van der Waals surface area contributed by atoms with Gasteiger partial charge in [-0.15, -0.1) is 0 Å². The second-order valence-electron chi connectivity index (χ2n) is 5.86. The molecule has 0 bridgehead atoms. The van der Waals surface area contributed by atoms with E-state index in [2.05, 4.69) is 15.2 Å². The summed E-state index contributed by atoms with van der Waals surface area (Å²) in [5, 5.41) is 7.91. The lowest BCUT2D eigenvalue weighted by Crippen LogP contribution is -2.28. The number of aromatic amines is 2. The highest BCUT2D eigenvalue weighted by atomic mass is 16.5. The number of ether oxygens (including phenoxy) is 1. The molecule has 1 unspecified atom stereocenters. The van der Waals surface area contributed by atoms with E-state index in [4.69, 9.17) is 4.74 Å². The number of rotatable bonds is 3. The Kier molecular flexibility index (Phi) is 3.29. The molecule has 1 fully saturated rings. The van der Waals surface area contributed by atoms with Gasteiger partial charge in [0.1, 0.15) is 5.75 Å². The lowest BCUT2D eigenvalue weighted by molar-refractivity contribution is 0.0792. The predicted octanol–water partition coefficient (Wildman–Crippen LogP) is 2.53. The molecule has 1 amide bonds. The van der Waals surface area contributed by atoms with Crippen LogP contribution in [0.1, 0.15) is 28.4 Å². The van der Waals surface area contributed by atoms with Crippen molar-refractivity contribution in [2.24, 2.45) is 0 Å². The summed E-state index contributed by atoms with van der Waals surface area (Å²) in [7, 11) is 1.63. The van der Waals surface area contributed by atoms with Crippen molar-refractivity contribution in [2.75, 3.05) is 20.2 Å². The number of carbonyl (C=O) groups excluding carboxylic acids is 1. The molecule has 2 aromatic heterocycles. The Morgan fingerprint density at radius 3 is 3.09 bits per heavy atom. The predicted molar refractivity (Wildman–Crippen MR) is 86.7 cm³/mol. The zero-order valence-corrected chi connectivity index (χ0v) is 12.9. The number of amides is 1. The van der Waals surface area contributed by atoms with Gasteiger partial charge in [0.05, 0.1) is 12.7 Å². The monoisotopic (exact) mass is 310 g/mol. The Morgan fingerprint density at radius 2 is 2.30 bits per heavy atom. The standard InChI is InChI=1S/C17H18N4O2/c1-23-12-2-3-16-13(8-12)14(9-18-16)17(22)21-7-5-11(10-21)15-4-6-19-20-15/h2-4,6,8-9,11,18H,5,7,10H2,1H3,(H,19,20). The molecule has 0 saturated carbocycles. The van der Waals surface area contributed by atoms with Gasteiger partial charge in [0.2, 0.25) is 0 Å². The molecule has 3 aromatic rings. The summed E-state index contributed by atoms with van der Waals surface area (Å²) in [6.07, 6.45) is 4.50. The summed E-state index contributed by atoms with van der Waals surface area (Å²) in [6.45, 7) is 1.48. The van der Waals surface area contributed by atoms with Gasteiger partial charge in [-0.3, -0.25) is 9.89 Å². The van der Waals surface area contributed by atoms with Crippen molar-refractivity contribution >= 4 is 16.8 Å². The summed E-state index contributed by atoms with van der Waals surface area (Å²) in [5.74, 6) is 1.15. The van der Waals surface area contributed by atoms with Crippen molar-refractivity contribution in [1.82, 2.24) is 20.1 Å². The number of aromatic nitrogens is 3. The number of H-pyrrole nitrogens is 2. The minimum atomic E-state index is 0.0616. The van der Waals surface area contributed by atoms with Gasteiger partial charge in [0.15, 0.2) is 0 Å². The van der Waals surface area contributed by atoms with E-state index in [0.29, 0.717) is 11.5 Å². The van der Waals surface area contributed by atoms with Gasteiger partial charge >= 0.3 is 0 Å². The average molecular weight is 310 g/mol. The first-order valence-corrected chi connectivity index (χ1v) is 7.70. The first-order chi connectivity index (χ1) is 11.3. The van der Waals surface area contributed by atoms with E-state index < -0.39 is 0 Å². The number of nitrogens with zero attached hydrogens (tertiary/aromatic N) is 2. The molecule has 1 aliphatic heterocycles. The summed E-state index contributed by atoms with van der Waals surface area (Å²) in [4.78, 5) is 17.9. The molecule has 23 heavy (non-hydrogen) atoms. The van der Waals surface area contributed by atoms with Crippen LogP contribution in [-0.2, 0) is 0 Å². The van der Waals surface area contributed by atoms with Gasteiger partial charge in [0, 0.05) is 48.0 Å². The summed E-state index contributed by atoms with van der Waals surface area (Å²) in [5.41, 5.74) is 2.74. The van der Waals surface area contributed by atoms with Crippen LogP contribution < -0.4 is 4.74 Å². The van der Waals surface area contributed by atoms with Gasteiger partial charge < -0.3 is 14.6 Å². The fourth-order valence-corrected chi connectivity index (χ4v) is 3.27. The van der Waals surface area contributed by atoms with E-state index in [1.54, 1.807) is 19.5 Å². The molecular formula is C17H18N4O2. The molecule has 6 heteroatoms. The molecule has 0 aliphatic carbocycles. The number of nitrogens with one attached hydrogen (secondary N) is 2. The molecule has 1 saturated heterocycles. The van der Waals surface area contributed by atoms with Crippen molar-refractivity contribution in [3.63, 3.8) is 0 Å². The van der Waals surface area contributed by atoms with Gasteiger partial charge in [-0.25, -0.2) is 0 Å². The van der Waals surface area contributed by atoms with Gasteiger partial charge in [-0.05, 0) is 30.7 Å². The fourth-order valence-electron chi connectivity index (χ4n) is 3.27. The second kappa shape index (κ2) is 5.46. The first-order valence-electron chi connectivity index (χ1n) is 7.70.